The molecule has 3 aromatic carbocycles. The second-order valence-corrected chi connectivity index (χ2v) is 11.0. The van der Waals surface area contributed by atoms with Gasteiger partial charge in [-0.15, -0.1) is 0 Å². The molecule has 4 aromatic rings. The van der Waals surface area contributed by atoms with E-state index in [9.17, 15) is 5.11 Å². The van der Waals surface area contributed by atoms with Crippen LogP contribution < -0.4 is 5.32 Å². The Morgan fingerprint density at radius 3 is 2.19 bits per heavy atom. The predicted molar refractivity (Wildman–Crippen MR) is 143 cm³/mol. The van der Waals surface area contributed by atoms with Gasteiger partial charge in [0.05, 0.1) is 11.9 Å². The number of rotatable bonds is 5. The molecule has 4 nitrogen and oxygen atoms in total. The molecule has 1 unspecified atom stereocenters. The van der Waals surface area contributed by atoms with Gasteiger partial charge in [0.15, 0.2) is 0 Å². The smallest absolute Gasteiger partial charge is 0.139 e. The van der Waals surface area contributed by atoms with Crippen LogP contribution in [0.25, 0.3) is 11.4 Å². The second kappa shape index (κ2) is 8.16. The number of hydrogen-bond donors (Lipinski definition) is 2. The Morgan fingerprint density at radius 2 is 1.53 bits per heavy atom. The molecule has 0 amide bonds. The number of aliphatic hydroxyl groups is 1. The molecule has 1 atom stereocenters. The third-order valence-electron chi connectivity index (χ3n) is 9.31. The average molecular weight is 476 g/mol. The minimum Gasteiger partial charge on any atom is -0.383 e. The first-order valence-corrected chi connectivity index (χ1v) is 13.3. The number of nitrogens with one attached hydrogen (secondary N) is 1. The summed E-state index contributed by atoms with van der Waals surface area (Å²) in [5.41, 5.74) is 6.54. The monoisotopic (exact) mass is 475 g/mol. The van der Waals surface area contributed by atoms with E-state index in [1.54, 1.807) is 0 Å². The minimum absolute atomic E-state index is 0.172. The van der Waals surface area contributed by atoms with E-state index in [0.29, 0.717) is 12.3 Å². The van der Waals surface area contributed by atoms with Crippen LogP contribution in [0.2, 0.25) is 0 Å². The minimum atomic E-state index is -0.990. The van der Waals surface area contributed by atoms with Gasteiger partial charge in [-0.1, -0.05) is 78.9 Å². The average Bonchev–Trinajstić information content (AvgIpc) is 3.59. The normalized spacial score (nSPS) is 24.3. The standard InChI is InChI=1S/C32H33N3O/c1-35-29(20-34-30(35)22-9-3-2-4-10-22)32(36,23-15-17-33-18-16-23)21-31-19-26(24-11-5-7-13-27(24)31)25-12-6-8-14-28(25)31/h2-14,20,23,26,33,36H,15-19,21H2,1H3. The van der Waals surface area contributed by atoms with Gasteiger partial charge in [0, 0.05) is 23.9 Å². The van der Waals surface area contributed by atoms with Crippen molar-refractivity contribution >= 4 is 0 Å². The first-order chi connectivity index (χ1) is 17.6. The van der Waals surface area contributed by atoms with Crippen LogP contribution in [0.3, 0.4) is 0 Å². The van der Waals surface area contributed by atoms with Gasteiger partial charge in [0.25, 0.3) is 0 Å². The van der Waals surface area contributed by atoms with Gasteiger partial charge in [-0.05, 0) is 66.9 Å². The Kier molecular flexibility index (Phi) is 4.99. The summed E-state index contributed by atoms with van der Waals surface area (Å²) in [6, 6.07) is 28.2. The van der Waals surface area contributed by atoms with E-state index in [4.69, 9.17) is 4.98 Å². The van der Waals surface area contributed by atoms with Crippen LogP contribution in [-0.2, 0) is 18.1 Å². The summed E-state index contributed by atoms with van der Waals surface area (Å²) in [7, 11) is 2.07. The zero-order valence-electron chi connectivity index (χ0n) is 20.8. The lowest BCUT2D eigenvalue weighted by Gasteiger charge is -2.45. The van der Waals surface area contributed by atoms with Crippen molar-refractivity contribution < 1.29 is 5.11 Å². The maximum absolute atomic E-state index is 13.0. The first-order valence-electron chi connectivity index (χ1n) is 13.3. The maximum Gasteiger partial charge on any atom is 0.139 e. The molecule has 36 heavy (non-hydrogen) atoms. The highest BCUT2D eigenvalue weighted by Crippen LogP contribution is 2.64. The molecule has 3 aliphatic rings. The van der Waals surface area contributed by atoms with Crippen LogP contribution >= 0.6 is 0 Å². The highest BCUT2D eigenvalue weighted by atomic mass is 16.3. The topological polar surface area (TPSA) is 50.1 Å². The zero-order valence-corrected chi connectivity index (χ0v) is 20.8. The molecule has 0 saturated carbocycles. The number of aromatic nitrogens is 2. The molecule has 1 saturated heterocycles. The Morgan fingerprint density at radius 1 is 0.917 bits per heavy atom. The molecule has 2 aliphatic carbocycles. The fourth-order valence-electron chi connectivity index (χ4n) is 7.71. The van der Waals surface area contributed by atoms with Gasteiger partial charge in [0.1, 0.15) is 11.4 Å². The summed E-state index contributed by atoms with van der Waals surface area (Å²) in [5.74, 6) is 1.50. The van der Waals surface area contributed by atoms with Crippen molar-refractivity contribution in [2.24, 2.45) is 13.0 Å². The van der Waals surface area contributed by atoms with Gasteiger partial charge >= 0.3 is 0 Å². The molecule has 4 heteroatoms. The molecule has 0 radical (unpaired) electrons. The van der Waals surface area contributed by atoms with Crippen LogP contribution in [0.15, 0.2) is 85.1 Å². The Labute approximate surface area is 213 Å². The summed E-state index contributed by atoms with van der Waals surface area (Å²) in [6.45, 7) is 1.89. The number of piperidine rings is 1. The van der Waals surface area contributed by atoms with Crippen molar-refractivity contribution in [1.29, 1.82) is 0 Å². The Hall–Kier alpha value is -3.21. The van der Waals surface area contributed by atoms with Crippen molar-refractivity contribution in [3.8, 4) is 11.4 Å². The summed E-state index contributed by atoms with van der Waals surface area (Å²) in [4.78, 5) is 4.86. The van der Waals surface area contributed by atoms with Crippen LogP contribution in [0.1, 0.15) is 59.5 Å². The summed E-state index contributed by atoms with van der Waals surface area (Å²) in [6.07, 6.45) is 5.60. The SMILES string of the molecule is Cn1c(C(O)(CC23CC(c4ccccc42)c2ccccc23)C2CCNCC2)cnc1-c1ccccc1. The molecule has 1 aromatic heterocycles. The third-order valence-corrected chi connectivity index (χ3v) is 9.31. The van der Waals surface area contributed by atoms with Crippen molar-refractivity contribution in [3.05, 3.63) is 113 Å². The fraction of sp³-hybridized carbons (Fsp3) is 0.344. The Balaban J connectivity index is 1.40. The lowest BCUT2D eigenvalue weighted by atomic mass is 9.64. The van der Waals surface area contributed by atoms with Crippen molar-refractivity contribution in [2.75, 3.05) is 13.1 Å². The van der Waals surface area contributed by atoms with Crippen molar-refractivity contribution in [2.45, 2.75) is 42.6 Å². The van der Waals surface area contributed by atoms with Crippen LogP contribution in [0.4, 0.5) is 0 Å². The maximum atomic E-state index is 13.0. The van der Waals surface area contributed by atoms with Gasteiger partial charge in [-0.2, -0.15) is 0 Å². The largest absolute Gasteiger partial charge is 0.383 e. The van der Waals surface area contributed by atoms with E-state index in [0.717, 1.165) is 49.4 Å². The van der Waals surface area contributed by atoms with Gasteiger partial charge in [0.2, 0.25) is 0 Å². The van der Waals surface area contributed by atoms with Crippen molar-refractivity contribution in [1.82, 2.24) is 14.9 Å². The lowest BCUT2D eigenvalue weighted by molar-refractivity contribution is -0.0619. The van der Waals surface area contributed by atoms with Crippen molar-refractivity contribution in [3.63, 3.8) is 0 Å². The molecular weight excluding hydrogens is 442 g/mol. The quantitative estimate of drug-likeness (QED) is 0.401. The van der Waals surface area contributed by atoms with E-state index in [1.807, 2.05) is 24.4 Å². The highest BCUT2D eigenvalue weighted by Gasteiger charge is 2.57. The van der Waals surface area contributed by atoms with E-state index in [1.165, 1.54) is 22.3 Å². The molecule has 2 N–H and O–H groups in total. The van der Waals surface area contributed by atoms with E-state index in [-0.39, 0.29) is 11.3 Å². The van der Waals surface area contributed by atoms with E-state index < -0.39 is 5.60 Å². The van der Waals surface area contributed by atoms with Crippen LogP contribution in [0, 0.1) is 5.92 Å². The van der Waals surface area contributed by atoms with Crippen LogP contribution in [-0.4, -0.2) is 27.7 Å². The van der Waals surface area contributed by atoms with Crippen LogP contribution in [0.5, 0.6) is 0 Å². The van der Waals surface area contributed by atoms with Gasteiger partial charge in [-0.25, -0.2) is 4.98 Å². The Bertz CT molecular complexity index is 1370. The lowest BCUT2D eigenvalue weighted by Crippen LogP contribution is -2.47. The molecule has 1 aliphatic heterocycles. The molecule has 2 heterocycles. The second-order valence-electron chi connectivity index (χ2n) is 11.0. The summed E-state index contributed by atoms with van der Waals surface area (Å²) in [5, 5.41) is 16.5. The van der Waals surface area contributed by atoms with E-state index in [2.05, 4.69) is 77.6 Å². The molecular formula is C32H33N3O. The molecule has 1 fully saturated rings. The highest BCUT2D eigenvalue weighted by molar-refractivity contribution is 5.63. The molecule has 2 bridgehead atoms. The number of fused-ring (bicyclic) bond motifs is 8. The van der Waals surface area contributed by atoms with Gasteiger partial charge in [-0.3, -0.25) is 0 Å². The number of hydrogen-bond acceptors (Lipinski definition) is 3. The van der Waals surface area contributed by atoms with E-state index >= 15 is 0 Å². The fourth-order valence-corrected chi connectivity index (χ4v) is 7.71. The number of benzene rings is 3. The number of nitrogens with zero attached hydrogens (tertiary/aromatic N) is 2. The molecule has 182 valence electrons. The predicted octanol–water partition coefficient (Wildman–Crippen LogP) is 5.50. The zero-order chi connectivity index (χ0) is 24.3. The summed E-state index contributed by atoms with van der Waals surface area (Å²) >= 11 is 0. The first kappa shape index (κ1) is 22.0. The molecule has 7 rings (SSSR count). The third kappa shape index (κ3) is 3.04. The van der Waals surface area contributed by atoms with Gasteiger partial charge < -0.3 is 15.0 Å². The summed E-state index contributed by atoms with van der Waals surface area (Å²) < 4.78 is 2.15. The number of imidazole rings is 1. The molecule has 0 spiro atoms.